The lowest BCUT2D eigenvalue weighted by atomic mass is 10.1. The molecule has 1 saturated carbocycles. The van der Waals surface area contributed by atoms with Gasteiger partial charge in [-0.1, -0.05) is 27.5 Å². The van der Waals surface area contributed by atoms with Gasteiger partial charge in [-0.3, -0.25) is 4.79 Å². The minimum atomic E-state index is -0.972. The summed E-state index contributed by atoms with van der Waals surface area (Å²) in [5.41, 5.74) is -0.0940. The van der Waals surface area contributed by atoms with Gasteiger partial charge >= 0.3 is 0 Å². The van der Waals surface area contributed by atoms with E-state index in [1.54, 1.807) is 26.1 Å². The second-order valence-electron chi connectivity index (χ2n) is 4.67. The quantitative estimate of drug-likeness (QED) is 0.693. The third kappa shape index (κ3) is 2.26. The van der Waals surface area contributed by atoms with Crippen molar-refractivity contribution in [3.05, 3.63) is 27.7 Å². The monoisotopic (exact) mass is 369 g/mol. The van der Waals surface area contributed by atoms with Crippen LogP contribution in [0.15, 0.2) is 22.7 Å². The second-order valence-corrected chi connectivity index (χ2v) is 7.48. The maximum atomic E-state index is 12.4. The van der Waals surface area contributed by atoms with Gasteiger partial charge < -0.3 is 4.90 Å². The number of carbonyl (C=O) groups is 1. The van der Waals surface area contributed by atoms with Crippen LogP contribution >= 0.6 is 50.7 Å². The lowest BCUT2D eigenvalue weighted by molar-refractivity contribution is -0.122. The molecule has 1 aromatic carbocycles. The van der Waals surface area contributed by atoms with Crippen molar-refractivity contribution in [1.29, 1.82) is 0 Å². The molecule has 0 aliphatic heterocycles. The molecule has 0 radical (unpaired) electrons. The fourth-order valence-corrected chi connectivity index (χ4v) is 3.36. The van der Waals surface area contributed by atoms with Crippen LogP contribution in [0.5, 0.6) is 0 Å². The summed E-state index contributed by atoms with van der Waals surface area (Å²) in [6.45, 7) is 1.76. The van der Waals surface area contributed by atoms with Gasteiger partial charge in [0, 0.05) is 11.5 Å². The zero-order chi connectivity index (χ0) is 13.7. The van der Waals surface area contributed by atoms with Gasteiger partial charge in [0.2, 0.25) is 5.91 Å². The Hall–Kier alpha value is 0.0400. The normalized spacial score (nSPS) is 24.8. The van der Waals surface area contributed by atoms with Gasteiger partial charge in [0.1, 0.15) is 4.33 Å². The maximum Gasteiger partial charge on any atom is 0.235 e. The molecule has 98 valence electrons. The van der Waals surface area contributed by atoms with E-state index in [1.165, 1.54) is 4.90 Å². The Bertz CT molecular complexity index is 520. The van der Waals surface area contributed by atoms with Crippen LogP contribution in [0.2, 0.25) is 5.02 Å². The maximum absolute atomic E-state index is 12.4. The Balaban J connectivity index is 2.27. The average molecular weight is 371 g/mol. The molecule has 2 nitrogen and oxygen atoms in total. The molecular formula is C12H11BrCl3NO. The van der Waals surface area contributed by atoms with Crippen LogP contribution in [-0.4, -0.2) is 17.3 Å². The van der Waals surface area contributed by atoms with Crippen LogP contribution in [0.1, 0.15) is 13.3 Å². The van der Waals surface area contributed by atoms with E-state index in [9.17, 15) is 4.79 Å². The number of hydrogen-bond donors (Lipinski definition) is 0. The number of rotatable bonds is 2. The molecule has 18 heavy (non-hydrogen) atoms. The Morgan fingerprint density at radius 1 is 1.44 bits per heavy atom. The molecule has 2 rings (SSSR count). The zero-order valence-electron chi connectivity index (χ0n) is 9.81. The number of halogens is 4. The van der Waals surface area contributed by atoms with E-state index < -0.39 is 9.75 Å². The topological polar surface area (TPSA) is 20.3 Å². The molecular weight excluding hydrogens is 360 g/mol. The second kappa shape index (κ2) is 4.55. The van der Waals surface area contributed by atoms with Gasteiger partial charge in [-0.25, -0.2) is 0 Å². The van der Waals surface area contributed by atoms with Crippen molar-refractivity contribution < 1.29 is 4.79 Å². The van der Waals surface area contributed by atoms with E-state index in [0.29, 0.717) is 17.1 Å². The van der Waals surface area contributed by atoms with Crippen LogP contribution in [0.25, 0.3) is 0 Å². The first-order valence-corrected chi connectivity index (χ1v) is 7.23. The summed E-state index contributed by atoms with van der Waals surface area (Å²) in [4.78, 5) is 13.9. The molecule has 1 aliphatic carbocycles. The molecule has 1 aliphatic rings. The van der Waals surface area contributed by atoms with E-state index in [1.807, 2.05) is 6.07 Å². The third-order valence-corrected chi connectivity index (χ3v) is 5.20. The van der Waals surface area contributed by atoms with Crippen molar-refractivity contribution in [2.75, 3.05) is 11.9 Å². The SMILES string of the molecule is CN(C(=O)C1(C)CC1(Cl)Cl)c1ccc(Br)cc1Cl. The summed E-state index contributed by atoms with van der Waals surface area (Å²) in [5.74, 6) is -0.128. The molecule has 0 heterocycles. The zero-order valence-corrected chi connectivity index (χ0v) is 13.7. The number of anilines is 1. The summed E-state index contributed by atoms with van der Waals surface area (Å²) < 4.78 is -0.112. The number of alkyl halides is 2. The minimum absolute atomic E-state index is 0.128. The molecule has 0 spiro atoms. The predicted molar refractivity (Wildman–Crippen MR) is 79.7 cm³/mol. The van der Waals surface area contributed by atoms with Crippen LogP contribution in [0.4, 0.5) is 5.69 Å². The lowest BCUT2D eigenvalue weighted by Gasteiger charge is -2.23. The summed E-state index contributed by atoms with van der Waals surface area (Å²) >= 11 is 21.5. The molecule has 6 heteroatoms. The largest absolute Gasteiger partial charge is 0.313 e. The van der Waals surface area contributed by atoms with Crippen molar-refractivity contribution in [3.63, 3.8) is 0 Å². The van der Waals surface area contributed by atoms with Gasteiger partial charge in [0.05, 0.1) is 16.1 Å². The molecule has 1 unspecified atom stereocenters. The fourth-order valence-electron chi connectivity index (χ4n) is 1.86. The van der Waals surface area contributed by atoms with Gasteiger partial charge in [0.25, 0.3) is 0 Å². The Morgan fingerprint density at radius 2 is 2.00 bits per heavy atom. The first-order valence-electron chi connectivity index (χ1n) is 5.30. The van der Waals surface area contributed by atoms with Crippen LogP contribution in [0, 0.1) is 5.41 Å². The van der Waals surface area contributed by atoms with Crippen molar-refractivity contribution in [2.45, 2.75) is 17.7 Å². The van der Waals surface area contributed by atoms with Crippen LogP contribution in [-0.2, 0) is 4.79 Å². The molecule has 1 aromatic rings. The highest BCUT2D eigenvalue weighted by Crippen LogP contribution is 2.64. The number of carbonyl (C=O) groups excluding carboxylic acids is 1. The highest BCUT2D eigenvalue weighted by atomic mass is 79.9. The molecule has 0 bridgehead atoms. The molecule has 0 aromatic heterocycles. The molecule has 1 fully saturated rings. The lowest BCUT2D eigenvalue weighted by Crippen LogP contribution is -2.35. The van der Waals surface area contributed by atoms with E-state index in [-0.39, 0.29) is 5.91 Å². The smallest absolute Gasteiger partial charge is 0.235 e. The van der Waals surface area contributed by atoms with E-state index in [0.717, 1.165) is 4.47 Å². The van der Waals surface area contributed by atoms with Gasteiger partial charge in [-0.15, -0.1) is 23.2 Å². The van der Waals surface area contributed by atoms with Gasteiger partial charge in [0.15, 0.2) is 0 Å². The van der Waals surface area contributed by atoms with Gasteiger partial charge in [-0.05, 0) is 31.5 Å². The fraction of sp³-hybridized carbons (Fsp3) is 0.417. The molecule has 0 N–H and O–H groups in total. The predicted octanol–water partition coefficient (Wildman–Crippen LogP) is 4.65. The minimum Gasteiger partial charge on any atom is -0.313 e. The summed E-state index contributed by atoms with van der Waals surface area (Å²) in [5, 5.41) is 0.499. The summed E-state index contributed by atoms with van der Waals surface area (Å²) in [7, 11) is 1.67. The number of amides is 1. The van der Waals surface area contributed by atoms with Crippen molar-refractivity contribution in [2.24, 2.45) is 5.41 Å². The highest BCUT2D eigenvalue weighted by Gasteiger charge is 2.68. The number of hydrogen-bond acceptors (Lipinski definition) is 1. The Labute approximate surface area is 129 Å². The van der Waals surface area contributed by atoms with Crippen molar-refractivity contribution >= 4 is 62.3 Å². The van der Waals surface area contributed by atoms with E-state index in [2.05, 4.69) is 15.9 Å². The first-order chi connectivity index (χ1) is 8.19. The Morgan fingerprint density at radius 3 is 2.44 bits per heavy atom. The first kappa shape index (κ1) is 14.4. The van der Waals surface area contributed by atoms with Gasteiger partial charge in [-0.2, -0.15) is 0 Å². The number of benzene rings is 1. The third-order valence-electron chi connectivity index (χ3n) is 3.31. The van der Waals surface area contributed by atoms with Crippen molar-refractivity contribution in [3.8, 4) is 0 Å². The molecule has 1 atom stereocenters. The van der Waals surface area contributed by atoms with E-state index >= 15 is 0 Å². The van der Waals surface area contributed by atoms with E-state index in [4.69, 9.17) is 34.8 Å². The van der Waals surface area contributed by atoms with Crippen LogP contribution in [0.3, 0.4) is 0 Å². The number of nitrogens with zero attached hydrogens (tertiary/aromatic N) is 1. The standard InChI is InChI=1S/C12H11BrCl3NO/c1-11(6-12(11,15)16)10(18)17(2)9-4-3-7(13)5-8(9)14/h3-5H,6H2,1-2H3. The average Bonchev–Trinajstić information content (AvgIpc) is 2.77. The Kier molecular flexibility index (Phi) is 3.65. The summed E-state index contributed by atoms with van der Waals surface area (Å²) in [6, 6.07) is 5.35. The van der Waals surface area contributed by atoms with Crippen molar-refractivity contribution in [1.82, 2.24) is 0 Å². The summed E-state index contributed by atoms with van der Waals surface area (Å²) in [6.07, 6.45) is 0.459. The molecule has 0 saturated heterocycles. The van der Waals surface area contributed by atoms with Crippen LogP contribution < -0.4 is 4.90 Å². The highest BCUT2D eigenvalue weighted by molar-refractivity contribution is 9.10. The molecule has 1 amide bonds.